The molecule has 0 unspecified atom stereocenters. The van der Waals surface area contributed by atoms with Gasteiger partial charge in [-0.1, -0.05) is 6.07 Å². The highest BCUT2D eigenvalue weighted by atomic mass is 32.1. The maximum atomic E-state index is 13.7. The summed E-state index contributed by atoms with van der Waals surface area (Å²) in [5.74, 6) is -2.59. The molecule has 0 aliphatic heterocycles. The summed E-state index contributed by atoms with van der Waals surface area (Å²) in [6, 6.07) is 3.27. The van der Waals surface area contributed by atoms with Crippen LogP contribution in [0.25, 0.3) is 11.3 Å². The fourth-order valence-electron chi connectivity index (χ4n) is 3.29. The van der Waals surface area contributed by atoms with E-state index >= 15 is 0 Å². The SMILES string of the molecule is Cc1sc2c(c1-c1cnc(NC(=O)c3c(F)cccc3F)cn1)CCC2. The van der Waals surface area contributed by atoms with Gasteiger partial charge in [0.05, 0.1) is 18.1 Å². The van der Waals surface area contributed by atoms with Gasteiger partial charge in [0.1, 0.15) is 17.2 Å². The summed E-state index contributed by atoms with van der Waals surface area (Å²) in [6.07, 6.45) is 6.30. The first kappa shape index (κ1) is 16.8. The van der Waals surface area contributed by atoms with Crippen LogP contribution < -0.4 is 5.32 Å². The normalized spacial score (nSPS) is 12.9. The lowest BCUT2D eigenvalue weighted by Crippen LogP contribution is -2.16. The Morgan fingerprint density at radius 3 is 2.62 bits per heavy atom. The lowest BCUT2D eigenvalue weighted by molar-refractivity contribution is 0.101. The number of fused-ring (bicyclic) bond motifs is 1. The Morgan fingerprint density at radius 1 is 1.15 bits per heavy atom. The molecule has 26 heavy (non-hydrogen) atoms. The van der Waals surface area contributed by atoms with Crippen LogP contribution in [-0.4, -0.2) is 15.9 Å². The molecule has 0 atom stereocenters. The number of carbonyl (C=O) groups excluding carboxylic acids is 1. The quantitative estimate of drug-likeness (QED) is 0.736. The standard InChI is InChI=1S/C19H15F2N3OS/c1-10-17(11-4-2-7-15(11)26-10)14-8-23-16(9-22-14)24-19(25)18-12(20)5-3-6-13(18)21/h3,5-6,8-9H,2,4,7H2,1H3,(H,23,24,25). The monoisotopic (exact) mass is 371 g/mol. The van der Waals surface area contributed by atoms with Gasteiger partial charge in [-0.05, 0) is 43.9 Å². The van der Waals surface area contributed by atoms with Crippen molar-refractivity contribution in [2.24, 2.45) is 0 Å². The first-order valence-corrected chi connectivity index (χ1v) is 9.05. The molecule has 4 rings (SSSR count). The van der Waals surface area contributed by atoms with Crippen molar-refractivity contribution in [2.45, 2.75) is 26.2 Å². The number of nitrogens with zero attached hydrogens (tertiary/aromatic N) is 2. The van der Waals surface area contributed by atoms with Gasteiger partial charge in [0, 0.05) is 15.3 Å². The molecule has 1 N–H and O–H groups in total. The second-order valence-corrected chi connectivity index (χ2v) is 7.44. The van der Waals surface area contributed by atoms with Crippen LogP contribution in [0, 0.1) is 18.6 Å². The lowest BCUT2D eigenvalue weighted by atomic mass is 10.1. The van der Waals surface area contributed by atoms with Gasteiger partial charge in [-0.15, -0.1) is 11.3 Å². The van der Waals surface area contributed by atoms with Crippen molar-refractivity contribution in [1.29, 1.82) is 0 Å². The molecule has 0 radical (unpaired) electrons. The molecule has 7 heteroatoms. The Kier molecular flexibility index (Phi) is 4.24. The third-order valence-corrected chi connectivity index (χ3v) is 5.64. The summed E-state index contributed by atoms with van der Waals surface area (Å²) in [4.78, 5) is 23.3. The van der Waals surface area contributed by atoms with Gasteiger partial charge < -0.3 is 5.32 Å². The smallest absolute Gasteiger partial charge is 0.262 e. The van der Waals surface area contributed by atoms with E-state index in [9.17, 15) is 13.6 Å². The zero-order chi connectivity index (χ0) is 18.3. The van der Waals surface area contributed by atoms with Crippen molar-refractivity contribution in [2.75, 3.05) is 5.32 Å². The van der Waals surface area contributed by atoms with Crippen molar-refractivity contribution in [3.8, 4) is 11.3 Å². The van der Waals surface area contributed by atoms with Gasteiger partial charge in [-0.25, -0.2) is 13.8 Å². The van der Waals surface area contributed by atoms with Gasteiger partial charge >= 0.3 is 0 Å². The van der Waals surface area contributed by atoms with Crippen molar-refractivity contribution in [1.82, 2.24) is 9.97 Å². The zero-order valence-electron chi connectivity index (χ0n) is 14.0. The van der Waals surface area contributed by atoms with Crippen LogP contribution in [0.15, 0.2) is 30.6 Å². The Labute approximate surface area is 152 Å². The molecule has 0 fully saturated rings. The maximum absolute atomic E-state index is 13.7. The van der Waals surface area contributed by atoms with Crippen molar-refractivity contribution >= 4 is 23.1 Å². The number of halogens is 2. The Morgan fingerprint density at radius 2 is 1.92 bits per heavy atom. The number of hydrogen-bond acceptors (Lipinski definition) is 4. The van der Waals surface area contributed by atoms with E-state index in [0.717, 1.165) is 42.7 Å². The molecule has 1 amide bonds. The number of carbonyl (C=O) groups is 1. The van der Waals surface area contributed by atoms with E-state index < -0.39 is 23.1 Å². The van der Waals surface area contributed by atoms with E-state index in [4.69, 9.17) is 0 Å². The molecule has 2 heterocycles. The molecule has 2 aromatic heterocycles. The molecule has 3 aromatic rings. The average molecular weight is 371 g/mol. The number of amides is 1. The Hall–Kier alpha value is -2.67. The number of aryl methyl sites for hydroxylation is 2. The molecule has 1 aromatic carbocycles. The molecular weight excluding hydrogens is 356 g/mol. The van der Waals surface area contributed by atoms with Crippen LogP contribution in [0.1, 0.15) is 32.1 Å². The number of aromatic nitrogens is 2. The van der Waals surface area contributed by atoms with Crippen LogP contribution in [0.3, 0.4) is 0 Å². The molecule has 0 saturated heterocycles. The minimum atomic E-state index is -0.920. The lowest BCUT2D eigenvalue weighted by Gasteiger charge is -2.07. The molecule has 132 valence electrons. The number of hydrogen-bond donors (Lipinski definition) is 1. The summed E-state index contributed by atoms with van der Waals surface area (Å²) < 4.78 is 27.4. The maximum Gasteiger partial charge on any atom is 0.262 e. The van der Waals surface area contributed by atoms with Crippen molar-refractivity contribution < 1.29 is 13.6 Å². The van der Waals surface area contributed by atoms with Crippen LogP contribution in [-0.2, 0) is 12.8 Å². The van der Waals surface area contributed by atoms with Crippen molar-refractivity contribution in [3.05, 3.63) is 63.1 Å². The summed E-state index contributed by atoms with van der Waals surface area (Å²) in [7, 11) is 0. The topological polar surface area (TPSA) is 54.9 Å². The van der Waals surface area contributed by atoms with E-state index in [0.29, 0.717) is 0 Å². The third-order valence-electron chi connectivity index (χ3n) is 4.44. The van der Waals surface area contributed by atoms with Gasteiger partial charge in [-0.2, -0.15) is 0 Å². The average Bonchev–Trinajstić information content (AvgIpc) is 3.15. The second-order valence-electron chi connectivity index (χ2n) is 6.13. The molecule has 1 aliphatic carbocycles. The van der Waals surface area contributed by atoms with Crippen LogP contribution in [0.5, 0.6) is 0 Å². The van der Waals surface area contributed by atoms with Gasteiger partial charge in [0.25, 0.3) is 5.91 Å². The Bertz CT molecular complexity index is 979. The largest absolute Gasteiger partial charge is 0.305 e. The minimum absolute atomic E-state index is 0.144. The highest BCUT2D eigenvalue weighted by Gasteiger charge is 2.22. The first-order valence-electron chi connectivity index (χ1n) is 8.23. The summed E-state index contributed by atoms with van der Waals surface area (Å²) >= 11 is 1.79. The predicted octanol–water partition coefficient (Wildman–Crippen LogP) is 4.53. The van der Waals surface area contributed by atoms with Gasteiger partial charge in [0.2, 0.25) is 0 Å². The summed E-state index contributed by atoms with van der Waals surface area (Å²) in [6.45, 7) is 2.07. The number of benzene rings is 1. The van der Waals surface area contributed by atoms with Crippen molar-refractivity contribution in [3.63, 3.8) is 0 Å². The van der Waals surface area contributed by atoms with Gasteiger partial charge in [0.15, 0.2) is 5.82 Å². The molecule has 4 nitrogen and oxygen atoms in total. The fraction of sp³-hybridized carbons (Fsp3) is 0.211. The van der Waals surface area contributed by atoms with E-state index in [1.165, 1.54) is 27.6 Å². The zero-order valence-corrected chi connectivity index (χ0v) is 14.8. The highest BCUT2D eigenvalue weighted by molar-refractivity contribution is 7.12. The Balaban J connectivity index is 1.58. The predicted molar refractivity (Wildman–Crippen MR) is 96.4 cm³/mol. The number of rotatable bonds is 3. The summed E-state index contributed by atoms with van der Waals surface area (Å²) in [5.41, 5.74) is 2.57. The molecular formula is C19H15F2N3OS. The van der Waals surface area contributed by atoms with E-state index in [1.807, 2.05) is 0 Å². The highest BCUT2D eigenvalue weighted by Crippen LogP contribution is 2.40. The molecule has 0 saturated carbocycles. The van der Waals surface area contributed by atoms with Gasteiger partial charge in [-0.3, -0.25) is 9.78 Å². The van der Waals surface area contributed by atoms with E-state index in [1.54, 1.807) is 17.5 Å². The van der Waals surface area contributed by atoms with E-state index in [2.05, 4.69) is 22.2 Å². The molecule has 0 bridgehead atoms. The van der Waals surface area contributed by atoms with Crippen LogP contribution in [0.2, 0.25) is 0 Å². The summed E-state index contributed by atoms with van der Waals surface area (Å²) in [5, 5.41) is 2.39. The van der Waals surface area contributed by atoms with Crippen LogP contribution >= 0.6 is 11.3 Å². The number of nitrogens with one attached hydrogen (secondary N) is 1. The minimum Gasteiger partial charge on any atom is -0.305 e. The number of anilines is 1. The van der Waals surface area contributed by atoms with E-state index in [-0.39, 0.29) is 5.82 Å². The van der Waals surface area contributed by atoms with Crippen LogP contribution in [0.4, 0.5) is 14.6 Å². The second kappa shape index (κ2) is 6.57. The first-order chi connectivity index (χ1) is 12.5. The molecule has 1 aliphatic rings. The number of thiophene rings is 1. The fourth-order valence-corrected chi connectivity index (χ4v) is 4.56. The molecule has 0 spiro atoms. The third kappa shape index (κ3) is 2.88.